The minimum absolute atomic E-state index is 0.277. The molecule has 3 N–H and O–H groups in total. The molecule has 0 saturated carbocycles. The highest BCUT2D eigenvalue weighted by atomic mass is 16.5. The van der Waals surface area contributed by atoms with E-state index in [1.54, 1.807) is 7.11 Å². The van der Waals surface area contributed by atoms with Gasteiger partial charge in [-0.15, -0.1) is 0 Å². The number of rotatable bonds is 3. The average Bonchev–Trinajstić information content (AvgIpc) is 2.75. The highest BCUT2D eigenvalue weighted by Crippen LogP contribution is 2.35. The largest absolute Gasteiger partial charge is 0.496 e. The molecule has 0 saturated heterocycles. The van der Waals surface area contributed by atoms with Crippen LogP contribution in [0.1, 0.15) is 29.2 Å². The number of methoxy groups -OCH3 is 1. The predicted molar refractivity (Wildman–Crippen MR) is 59.0 cm³/mol. The van der Waals surface area contributed by atoms with Crippen molar-refractivity contribution >= 4 is 0 Å². The minimum Gasteiger partial charge on any atom is -0.496 e. The van der Waals surface area contributed by atoms with E-state index in [2.05, 4.69) is 0 Å². The van der Waals surface area contributed by atoms with E-state index in [0.717, 1.165) is 30.6 Å². The number of aliphatic hydroxyl groups excluding tert-OH is 1. The second kappa shape index (κ2) is 4.21. The Labute approximate surface area is 89.9 Å². The Balaban J connectivity index is 2.47. The van der Waals surface area contributed by atoms with Gasteiger partial charge in [0.2, 0.25) is 0 Å². The molecule has 0 aromatic heterocycles. The van der Waals surface area contributed by atoms with Gasteiger partial charge in [0, 0.05) is 6.54 Å². The van der Waals surface area contributed by atoms with Crippen molar-refractivity contribution in [3.05, 3.63) is 28.8 Å². The first-order valence-electron chi connectivity index (χ1n) is 5.34. The molecule has 1 aromatic rings. The molecule has 3 heteroatoms. The van der Waals surface area contributed by atoms with Crippen molar-refractivity contribution in [3.8, 4) is 5.75 Å². The molecule has 1 aromatic carbocycles. The summed E-state index contributed by atoms with van der Waals surface area (Å²) in [4.78, 5) is 0. The van der Waals surface area contributed by atoms with Crippen LogP contribution in [-0.4, -0.2) is 18.8 Å². The maximum absolute atomic E-state index is 9.79. The molecule has 1 aliphatic rings. The summed E-state index contributed by atoms with van der Waals surface area (Å²) in [5.41, 5.74) is 8.96. The lowest BCUT2D eigenvalue weighted by molar-refractivity contribution is 0.185. The van der Waals surface area contributed by atoms with Crippen molar-refractivity contribution < 1.29 is 9.84 Å². The Morgan fingerprint density at radius 3 is 2.80 bits per heavy atom. The molecule has 0 fully saturated rings. The summed E-state index contributed by atoms with van der Waals surface area (Å²) in [5.74, 6) is 0.940. The lowest BCUT2D eigenvalue weighted by Gasteiger charge is -2.15. The Bertz CT molecular complexity index is 363. The second-order valence-corrected chi connectivity index (χ2v) is 3.92. The van der Waals surface area contributed by atoms with Crippen LogP contribution in [0.25, 0.3) is 0 Å². The van der Waals surface area contributed by atoms with Crippen molar-refractivity contribution in [2.24, 2.45) is 5.73 Å². The number of nitrogens with two attached hydrogens (primary N) is 1. The summed E-state index contributed by atoms with van der Waals surface area (Å²) in [5, 5.41) is 9.79. The molecule has 1 unspecified atom stereocenters. The lowest BCUT2D eigenvalue weighted by Crippen LogP contribution is -2.13. The van der Waals surface area contributed by atoms with Crippen LogP contribution < -0.4 is 10.5 Å². The van der Waals surface area contributed by atoms with Crippen LogP contribution in [0.5, 0.6) is 5.75 Å². The van der Waals surface area contributed by atoms with Gasteiger partial charge in [0.15, 0.2) is 0 Å². The molecule has 2 rings (SSSR count). The van der Waals surface area contributed by atoms with Crippen molar-refractivity contribution in [1.82, 2.24) is 0 Å². The molecular weight excluding hydrogens is 190 g/mol. The summed E-state index contributed by atoms with van der Waals surface area (Å²) in [6.45, 7) is 0.277. The van der Waals surface area contributed by atoms with Crippen LogP contribution >= 0.6 is 0 Å². The van der Waals surface area contributed by atoms with Crippen LogP contribution in [0.2, 0.25) is 0 Å². The molecule has 0 heterocycles. The van der Waals surface area contributed by atoms with Crippen LogP contribution in [0, 0.1) is 0 Å². The zero-order chi connectivity index (χ0) is 10.8. The Morgan fingerprint density at radius 2 is 2.13 bits per heavy atom. The summed E-state index contributed by atoms with van der Waals surface area (Å²) < 4.78 is 5.31. The fourth-order valence-electron chi connectivity index (χ4n) is 2.33. The fourth-order valence-corrected chi connectivity index (χ4v) is 2.33. The molecule has 3 nitrogen and oxygen atoms in total. The van der Waals surface area contributed by atoms with Crippen LogP contribution in [-0.2, 0) is 12.8 Å². The molecule has 15 heavy (non-hydrogen) atoms. The van der Waals surface area contributed by atoms with E-state index >= 15 is 0 Å². The molecule has 0 aliphatic heterocycles. The first-order chi connectivity index (χ1) is 7.27. The fraction of sp³-hybridized carbons (Fsp3) is 0.500. The van der Waals surface area contributed by atoms with Gasteiger partial charge in [-0.25, -0.2) is 0 Å². The van der Waals surface area contributed by atoms with Gasteiger partial charge in [0.05, 0.1) is 13.2 Å². The van der Waals surface area contributed by atoms with E-state index in [9.17, 15) is 5.11 Å². The third-order valence-corrected chi connectivity index (χ3v) is 3.08. The van der Waals surface area contributed by atoms with Gasteiger partial charge < -0.3 is 15.6 Å². The maximum Gasteiger partial charge on any atom is 0.122 e. The quantitative estimate of drug-likeness (QED) is 0.782. The Hall–Kier alpha value is -1.06. The molecule has 0 bridgehead atoms. The van der Waals surface area contributed by atoms with Crippen LogP contribution in [0.15, 0.2) is 12.1 Å². The number of aliphatic hydroxyl groups is 1. The number of hydrogen-bond donors (Lipinski definition) is 2. The molecule has 82 valence electrons. The van der Waals surface area contributed by atoms with Crippen LogP contribution in [0.4, 0.5) is 0 Å². The summed E-state index contributed by atoms with van der Waals surface area (Å²) in [7, 11) is 1.69. The van der Waals surface area contributed by atoms with E-state index in [1.165, 1.54) is 11.1 Å². The molecule has 0 amide bonds. The summed E-state index contributed by atoms with van der Waals surface area (Å²) in [6, 6.07) is 3.86. The SMILES string of the molecule is COc1ccc(C(O)CN)c2c1CCC2. The van der Waals surface area contributed by atoms with E-state index in [4.69, 9.17) is 10.5 Å². The number of ether oxygens (including phenoxy) is 1. The maximum atomic E-state index is 9.79. The van der Waals surface area contributed by atoms with Gasteiger partial charge in [-0.2, -0.15) is 0 Å². The zero-order valence-electron chi connectivity index (χ0n) is 8.99. The number of benzene rings is 1. The topological polar surface area (TPSA) is 55.5 Å². The lowest BCUT2D eigenvalue weighted by atomic mass is 9.98. The third-order valence-electron chi connectivity index (χ3n) is 3.08. The standard InChI is InChI=1S/C12H17NO2/c1-15-12-6-5-9(11(14)7-13)8-3-2-4-10(8)12/h5-6,11,14H,2-4,7,13H2,1H3. The first-order valence-corrected chi connectivity index (χ1v) is 5.34. The first kappa shape index (κ1) is 10.5. The highest BCUT2D eigenvalue weighted by Gasteiger charge is 2.21. The van der Waals surface area contributed by atoms with Crippen LogP contribution in [0.3, 0.4) is 0 Å². The van der Waals surface area contributed by atoms with Crippen molar-refractivity contribution in [1.29, 1.82) is 0 Å². The highest BCUT2D eigenvalue weighted by molar-refractivity contribution is 5.48. The van der Waals surface area contributed by atoms with E-state index < -0.39 is 6.10 Å². The average molecular weight is 207 g/mol. The molecule has 1 atom stereocenters. The second-order valence-electron chi connectivity index (χ2n) is 3.92. The van der Waals surface area contributed by atoms with Crippen molar-refractivity contribution in [3.63, 3.8) is 0 Å². The smallest absolute Gasteiger partial charge is 0.122 e. The van der Waals surface area contributed by atoms with Gasteiger partial charge in [0.1, 0.15) is 5.75 Å². The number of hydrogen-bond acceptors (Lipinski definition) is 3. The van der Waals surface area contributed by atoms with Gasteiger partial charge in [-0.05, 0) is 42.0 Å². The molecule has 1 aliphatic carbocycles. The van der Waals surface area contributed by atoms with Gasteiger partial charge in [-0.3, -0.25) is 0 Å². The van der Waals surface area contributed by atoms with E-state index in [1.807, 2.05) is 12.1 Å². The molecule has 0 radical (unpaired) electrons. The van der Waals surface area contributed by atoms with Crippen molar-refractivity contribution in [2.45, 2.75) is 25.4 Å². The van der Waals surface area contributed by atoms with E-state index in [-0.39, 0.29) is 6.54 Å². The number of fused-ring (bicyclic) bond motifs is 1. The predicted octanol–water partition coefficient (Wildman–Crippen LogP) is 1.18. The van der Waals surface area contributed by atoms with Gasteiger partial charge in [-0.1, -0.05) is 6.07 Å². The zero-order valence-corrected chi connectivity index (χ0v) is 8.99. The minimum atomic E-state index is -0.539. The summed E-state index contributed by atoms with van der Waals surface area (Å²) in [6.07, 6.45) is 2.67. The van der Waals surface area contributed by atoms with E-state index in [0.29, 0.717) is 0 Å². The summed E-state index contributed by atoms with van der Waals surface area (Å²) >= 11 is 0. The monoisotopic (exact) mass is 207 g/mol. The molecule has 0 spiro atoms. The van der Waals surface area contributed by atoms with Gasteiger partial charge in [0.25, 0.3) is 0 Å². The normalized spacial score (nSPS) is 16.2. The van der Waals surface area contributed by atoms with Gasteiger partial charge >= 0.3 is 0 Å². The third kappa shape index (κ3) is 1.73. The Kier molecular flexibility index (Phi) is 2.93. The molecular formula is C12H17NO2. The Morgan fingerprint density at radius 1 is 1.40 bits per heavy atom. The van der Waals surface area contributed by atoms with Crippen molar-refractivity contribution in [2.75, 3.05) is 13.7 Å².